The van der Waals surface area contributed by atoms with Crippen LogP contribution in [0.2, 0.25) is 0 Å². The van der Waals surface area contributed by atoms with E-state index in [0.29, 0.717) is 25.4 Å². The number of amides is 1. The van der Waals surface area contributed by atoms with E-state index in [4.69, 9.17) is 0 Å². The molecular weight excluding hydrogens is 366 g/mol. The Labute approximate surface area is 160 Å². The molecule has 0 atom stereocenters. The Balaban J connectivity index is 1.51. The van der Waals surface area contributed by atoms with E-state index in [9.17, 15) is 9.59 Å². The van der Waals surface area contributed by atoms with E-state index in [1.165, 1.54) is 11.3 Å². The molecule has 3 aromatic heterocycles. The monoisotopic (exact) mass is 389 g/mol. The maximum atomic E-state index is 12.4. The summed E-state index contributed by atoms with van der Waals surface area (Å²) in [5.74, 6) is 1.48. The Bertz CT molecular complexity index is 1030. The zero-order valence-electron chi connectivity index (χ0n) is 15.5. The second-order valence-corrected chi connectivity index (χ2v) is 7.67. The summed E-state index contributed by atoms with van der Waals surface area (Å²) in [5.41, 5.74) is 0.832. The molecule has 3 aromatic rings. The van der Waals surface area contributed by atoms with Gasteiger partial charge in [0.2, 0.25) is 11.7 Å². The molecule has 1 aliphatic heterocycles. The number of rotatable bonds is 5. The fourth-order valence-corrected chi connectivity index (χ4v) is 4.37. The third kappa shape index (κ3) is 3.35. The van der Waals surface area contributed by atoms with Crippen LogP contribution in [0, 0.1) is 0 Å². The number of carbonyl (C=O) groups is 1. The largest absolute Gasteiger partial charge is 0.355 e. The van der Waals surface area contributed by atoms with Gasteiger partial charge in [0.25, 0.3) is 5.56 Å². The summed E-state index contributed by atoms with van der Waals surface area (Å²) in [7, 11) is 1.73. The molecule has 9 nitrogen and oxygen atoms in total. The molecule has 27 heavy (non-hydrogen) atoms. The molecule has 0 aromatic carbocycles. The van der Waals surface area contributed by atoms with Crippen LogP contribution in [0.1, 0.15) is 12.7 Å². The first-order chi connectivity index (χ1) is 13.1. The Morgan fingerprint density at radius 3 is 2.70 bits per heavy atom. The van der Waals surface area contributed by atoms with Gasteiger partial charge in [-0.2, -0.15) is 0 Å². The second-order valence-electron chi connectivity index (χ2n) is 6.76. The summed E-state index contributed by atoms with van der Waals surface area (Å²) in [6.45, 7) is 7.14. The van der Waals surface area contributed by atoms with Crippen LogP contribution in [0.15, 0.2) is 16.2 Å². The lowest BCUT2D eigenvalue weighted by Gasteiger charge is -2.33. The van der Waals surface area contributed by atoms with Crippen LogP contribution in [0.25, 0.3) is 16.0 Å². The molecule has 0 unspecified atom stereocenters. The molecule has 1 aliphatic rings. The molecule has 0 saturated carbocycles. The highest BCUT2D eigenvalue weighted by atomic mass is 32.1. The van der Waals surface area contributed by atoms with Gasteiger partial charge in [-0.3, -0.25) is 28.4 Å². The standard InChI is InChI=1S/C17H23N7O2S/c1-3-18-14(25)11-23-7-5-22(6-8-23)10-13-19-20-17-21(2)16(26)15-12(24(13)17)4-9-27-15/h4,9H,3,5-8,10-11H2,1-2H3,(H,18,25). The molecule has 0 aliphatic carbocycles. The van der Waals surface area contributed by atoms with Gasteiger partial charge in [0.05, 0.1) is 18.6 Å². The number of aryl methyl sites for hydroxylation is 1. The molecular formula is C17H23N7O2S. The quantitative estimate of drug-likeness (QED) is 0.656. The summed E-state index contributed by atoms with van der Waals surface area (Å²) < 4.78 is 4.26. The van der Waals surface area contributed by atoms with Gasteiger partial charge >= 0.3 is 0 Å². The van der Waals surface area contributed by atoms with Crippen LogP contribution in [0.4, 0.5) is 0 Å². The summed E-state index contributed by atoms with van der Waals surface area (Å²) in [6, 6.07) is 1.95. The van der Waals surface area contributed by atoms with Crippen molar-refractivity contribution in [3.05, 3.63) is 27.6 Å². The minimum atomic E-state index is -0.0366. The number of aromatic nitrogens is 4. The first kappa shape index (κ1) is 18.1. The molecule has 144 valence electrons. The van der Waals surface area contributed by atoms with Gasteiger partial charge in [0.15, 0.2) is 5.82 Å². The molecule has 0 bridgehead atoms. The highest BCUT2D eigenvalue weighted by molar-refractivity contribution is 7.17. The van der Waals surface area contributed by atoms with Crippen molar-refractivity contribution in [2.24, 2.45) is 7.05 Å². The Morgan fingerprint density at radius 1 is 1.22 bits per heavy atom. The van der Waals surface area contributed by atoms with Crippen molar-refractivity contribution < 1.29 is 4.79 Å². The van der Waals surface area contributed by atoms with Crippen LogP contribution in [-0.2, 0) is 18.4 Å². The number of thiophene rings is 1. The molecule has 4 heterocycles. The highest BCUT2D eigenvalue weighted by Crippen LogP contribution is 2.20. The van der Waals surface area contributed by atoms with Crippen molar-refractivity contribution in [1.29, 1.82) is 0 Å². The smallest absolute Gasteiger partial charge is 0.272 e. The Morgan fingerprint density at radius 2 is 1.96 bits per heavy atom. The number of fused-ring (bicyclic) bond motifs is 3. The predicted octanol–water partition coefficient (Wildman–Crippen LogP) is -0.104. The van der Waals surface area contributed by atoms with Gasteiger partial charge < -0.3 is 5.32 Å². The number of nitrogens with zero attached hydrogens (tertiary/aromatic N) is 6. The van der Waals surface area contributed by atoms with Gasteiger partial charge in [0.1, 0.15) is 4.70 Å². The summed E-state index contributed by atoms with van der Waals surface area (Å²) in [4.78, 5) is 28.6. The average molecular weight is 389 g/mol. The summed E-state index contributed by atoms with van der Waals surface area (Å²) >= 11 is 1.44. The van der Waals surface area contributed by atoms with Crippen molar-refractivity contribution in [3.8, 4) is 0 Å². The van der Waals surface area contributed by atoms with Crippen LogP contribution >= 0.6 is 11.3 Å². The van der Waals surface area contributed by atoms with E-state index in [2.05, 4.69) is 25.3 Å². The number of carbonyl (C=O) groups excluding carboxylic acids is 1. The van der Waals surface area contributed by atoms with Crippen molar-refractivity contribution in [2.45, 2.75) is 13.5 Å². The zero-order valence-corrected chi connectivity index (χ0v) is 16.3. The maximum Gasteiger partial charge on any atom is 0.272 e. The molecule has 1 saturated heterocycles. The number of nitrogens with one attached hydrogen (secondary N) is 1. The summed E-state index contributed by atoms with van der Waals surface area (Å²) in [6.07, 6.45) is 0. The van der Waals surface area contributed by atoms with E-state index in [1.54, 1.807) is 11.6 Å². The van der Waals surface area contributed by atoms with Crippen molar-refractivity contribution in [1.82, 2.24) is 34.3 Å². The van der Waals surface area contributed by atoms with Gasteiger partial charge in [-0.25, -0.2) is 0 Å². The number of hydrogen-bond donors (Lipinski definition) is 1. The number of hydrogen-bond acceptors (Lipinski definition) is 7. The van der Waals surface area contributed by atoms with E-state index in [1.807, 2.05) is 22.8 Å². The van der Waals surface area contributed by atoms with Crippen LogP contribution < -0.4 is 10.9 Å². The minimum Gasteiger partial charge on any atom is -0.355 e. The highest BCUT2D eigenvalue weighted by Gasteiger charge is 2.22. The topological polar surface area (TPSA) is 87.8 Å². The lowest BCUT2D eigenvalue weighted by atomic mass is 10.3. The molecule has 1 N–H and O–H groups in total. The third-order valence-corrected chi connectivity index (χ3v) is 5.86. The van der Waals surface area contributed by atoms with E-state index >= 15 is 0 Å². The Hall–Kier alpha value is -2.30. The third-order valence-electron chi connectivity index (χ3n) is 4.97. The van der Waals surface area contributed by atoms with Crippen LogP contribution in [-0.4, -0.2) is 74.1 Å². The second kappa shape index (κ2) is 7.37. The van der Waals surface area contributed by atoms with Crippen LogP contribution in [0.3, 0.4) is 0 Å². The lowest BCUT2D eigenvalue weighted by molar-refractivity contribution is -0.122. The van der Waals surface area contributed by atoms with E-state index in [0.717, 1.165) is 42.2 Å². The van der Waals surface area contributed by atoms with Gasteiger partial charge in [-0.1, -0.05) is 0 Å². The van der Waals surface area contributed by atoms with Crippen molar-refractivity contribution in [2.75, 3.05) is 39.3 Å². The van der Waals surface area contributed by atoms with E-state index < -0.39 is 0 Å². The SMILES string of the molecule is CCNC(=O)CN1CCN(Cc2nnc3n(C)c(=O)c4sccc4n23)CC1. The van der Waals surface area contributed by atoms with Gasteiger partial charge in [0, 0.05) is 39.8 Å². The van der Waals surface area contributed by atoms with Crippen LogP contribution in [0.5, 0.6) is 0 Å². The van der Waals surface area contributed by atoms with Crippen molar-refractivity contribution in [3.63, 3.8) is 0 Å². The average Bonchev–Trinajstić information content (AvgIpc) is 3.28. The number of piperazine rings is 1. The maximum absolute atomic E-state index is 12.4. The molecule has 1 amide bonds. The first-order valence-electron chi connectivity index (χ1n) is 9.10. The molecule has 1 fully saturated rings. The zero-order chi connectivity index (χ0) is 19.0. The molecule has 0 spiro atoms. The lowest BCUT2D eigenvalue weighted by Crippen LogP contribution is -2.49. The number of likely N-dealkylation sites (N-methyl/N-ethyl adjacent to an activating group) is 1. The van der Waals surface area contributed by atoms with Gasteiger partial charge in [-0.15, -0.1) is 21.5 Å². The molecule has 10 heteroatoms. The Kier molecular flexibility index (Phi) is 4.94. The fourth-order valence-electron chi connectivity index (χ4n) is 3.52. The van der Waals surface area contributed by atoms with Crippen molar-refractivity contribution >= 4 is 33.2 Å². The molecule has 4 rings (SSSR count). The summed E-state index contributed by atoms with van der Waals surface area (Å²) in [5, 5.41) is 13.4. The molecule has 0 radical (unpaired) electrons. The minimum absolute atomic E-state index is 0.0366. The normalized spacial score (nSPS) is 16.4. The first-order valence-corrected chi connectivity index (χ1v) is 9.98. The van der Waals surface area contributed by atoms with E-state index in [-0.39, 0.29) is 11.5 Å². The van der Waals surface area contributed by atoms with Gasteiger partial charge in [-0.05, 0) is 18.4 Å². The fraction of sp³-hybridized carbons (Fsp3) is 0.529. The predicted molar refractivity (Wildman–Crippen MR) is 104 cm³/mol.